The molecule has 0 aliphatic carbocycles. The zero-order valence-electron chi connectivity index (χ0n) is 12.7. The summed E-state index contributed by atoms with van der Waals surface area (Å²) >= 11 is 9.79. The number of esters is 1. The molecule has 2 amide bonds. The zero-order chi connectivity index (χ0) is 18.0. The van der Waals surface area contributed by atoms with Crippen LogP contribution in [-0.4, -0.2) is 39.8 Å². The van der Waals surface area contributed by atoms with Gasteiger partial charge in [-0.05, 0) is 43.8 Å². The summed E-state index contributed by atoms with van der Waals surface area (Å²) < 4.78 is 5.54. The van der Waals surface area contributed by atoms with Gasteiger partial charge in [-0.2, -0.15) is 0 Å². The van der Waals surface area contributed by atoms with E-state index in [0.29, 0.717) is 16.2 Å². The van der Waals surface area contributed by atoms with Crippen LogP contribution in [0.25, 0.3) is 6.08 Å². The van der Waals surface area contributed by atoms with Crippen LogP contribution in [0.2, 0.25) is 5.02 Å². The number of imide groups is 1. The van der Waals surface area contributed by atoms with E-state index in [-0.39, 0.29) is 27.3 Å². The molecule has 0 bridgehead atoms. The van der Waals surface area contributed by atoms with Gasteiger partial charge < -0.3 is 9.84 Å². The predicted molar refractivity (Wildman–Crippen MR) is 94.7 cm³/mol. The Bertz CT molecular complexity index is 750. The van der Waals surface area contributed by atoms with Gasteiger partial charge >= 0.3 is 5.97 Å². The van der Waals surface area contributed by atoms with Crippen molar-refractivity contribution >= 4 is 62.5 Å². The van der Waals surface area contributed by atoms with Gasteiger partial charge in [0.25, 0.3) is 11.1 Å². The summed E-state index contributed by atoms with van der Waals surface area (Å²) in [5.74, 6) is -1.49. The van der Waals surface area contributed by atoms with Gasteiger partial charge in [-0.25, -0.2) is 0 Å². The van der Waals surface area contributed by atoms with Gasteiger partial charge in [0.1, 0.15) is 12.3 Å². The number of hydrogen-bond donors (Lipinski definition) is 1. The van der Waals surface area contributed by atoms with Crippen LogP contribution in [0.3, 0.4) is 0 Å². The molecule has 0 unspecified atom stereocenters. The lowest BCUT2D eigenvalue weighted by Gasteiger charge is -2.13. The van der Waals surface area contributed by atoms with E-state index in [1.54, 1.807) is 19.9 Å². The molecule has 6 nitrogen and oxygen atoms in total. The summed E-state index contributed by atoms with van der Waals surface area (Å²) in [5, 5.41) is 9.48. The van der Waals surface area contributed by atoms with E-state index in [1.807, 2.05) is 0 Å². The number of phenols is 1. The fourth-order valence-electron chi connectivity index (χ4n) is 1.90. The summed E-state index contributed by atoms with van der Waals surface area (Å²) in [6.07, 6.45) is 1.01. The molecule has 1 saturated heterocycles. The maximum atomic E-state index is 12.3. The third-order valence-corrected chi connectivity index (χ3v) is 4.53. The van der Waals surface area contributed by atoms with Crippen molar-refractivity contribution in [1.29, 1.82) is 0 Å². The number of phenolic OH excluding ortho intramolecular Hbond substituents is 1. The first-order chi connectivity index (χ1) is 11.2. The number of benzene rings is 1. The van der Waals surface area contributed by atoms with E-state index in [0.717, 1.165) is 4.90 Å². The molecule has 24 heavy (non-hydrogen) atoms. The maximum absolute atomic E-state index is 12.3. The van der Waals surface area contributed by atoms with Crippen molar-refractivity contribution in [3.8, 4) is 5.75 Å². The second-order valence-corrected chi connectivity index (χ2v) is 7.45. The molecule has 0 atom stereocenters. The normalized spacial score (nSPS) is 16.4. The first-order valence-corrected chi connectivity index (χ1v) is 8.80. The lowest BCUT2D eigenvalue weighted by atomic mass is 10.2. The third-order valence-electron chi connectivity index (χ3n) is 2.87. The van der Waals surface area contributed by atoms with Crippen LogP contribution in [0.15, 0.2) is 21.5 Å². The quantitative estimate of drug-likeness (QED) is 0.573. The molecule has 1 heterocycles. The minimum atomic E-state index is -0.665. The van der Waals surface area contributed by atoms with E-state index in [4.69, 9.17) is 16.3 Å². The Hall–Kier alpha value is -1.51. The van der Waals surface area contributed by atoms with Gasteiger partial charge in [0, 0.05) is 10.0 Å². The SMILES string of the molecule is CC(C)OC(=O)CN1C(=O)S/C(=C\c2cc(Br)cc(Cl)c2O)C1=O. The number of aromatic hydroxyl groups is 1. The average molecular weight is 435 g/mol. The summed E-state index contributed by atoms with van der Waals surface area (Å²) in [7, 11) is 0. The Kier molecular flexibility index (Phi) is 5.95. The van der Waals surface area contributed by atoms with Crippen LogP contribution in [-0.2, 0) is 14.3 Å². The highest BCUT2D eigenvalue weighted by atomic mass is 79.9. The number of hydrogen-bond acceptors (Lipinski definition) is 6. The molecule has 9 heteroatoms. The zero-order valence-corrected chi connectivity index (χ0v) is 15.9. The number of amides is 2. The number of halogens is 2. The molecular formula is C15H13BrClNO5S. The maximum Gasteiger partial charge on any atom is 0.326 e. The lowest BCUT2D eigenvalue weighted by Crippen LogP contribution is -2.35. The highest BCUT2D eigenvalue weighted by Crippen LogP contribution is 2.37. The van der Waals surface area contributed by atoms with Crippen molar-refractivity contribution in [3.05, 3.63) is 32.1 Å². The number of carbonyl (C=O) groups excluding carboxylic acids is 3. The van der Waals surface area contributed by atoms with Crippen molar-refractivity contribution in [2.45, 2.75) is 20.0 Å². The highest BCUT2D eigenvalue weighted by Gasteiger charge is 2.37. The van der Waals surface area contributed by atoms with Crippen molar-refractivity contribution in [3.63, 3.8) is 0 Å². The molecule has 1 aliphatic heterocycles. The fourth-order valence-corrected chi connectivity index (χ4v) is 3.57. The smallest absolute Gasteiger partial charge is 0.326 e. The van der Waals surface area contributed by atoms with E-state index < -0.39 is 23.7 Å². The van der Waals surface area contributed by atoms with Crippen LogP contribution in [0.1, 0.15) is 19.4 Å². The molecule has 1 aromatic rings. The minimum absolute atomic E-state index is 0.0850. The number of ether oxygens (including phenoxy) is 1. The van der Waals surface area contributed by atoms with Crippen molar-refractivity contribution in [2.75, 3.05) is 6.54 Å². The van der Waals surface area contributed by atoms with Crippen LogP contribution in [0.5, 0.6) is 5.75 Å². The van der Waals surface area contributed by atoms with E-state index >= 15 is 0 Å². The predicted octanol–water partition coefficient (Wildman–Crippen LogP) is 3.80. The highest BCUT2D eigenvalue weighted by molar-refractivity contribution is 9.10. The van der Waals surface area contributed by atoms with Gasteiger partial charge in [0.2, 0.25) is 0 Å². The Morgan fingerprint density at radius 3 is 2.75 bits per heavy atom. The van der Waals surface area contributed by atoms with Gasteiger partial charge in [-0.15, -0.1) is 0 Å². The molecule has 128 valence electrons. The van der Waals surface area contributed by atoms with Crippen LogP contribution in [0, 0.1) is 0 Å². The second-order valence-electron chi connectivity index (χ2n) is 5.13. The number of rotatable bonds is 4. The molecule has 2 rings (SSSR count). The van der Waals surface area contributed by atoms with Crippen LogP contribution < -0.4 is 0 Å². The first kappa shape index (κ1) is 18.8. The van der Waals surface area contributed by atoms with Gasteiger partial charge in [-0.3, -0.25) is 19.3 Å². The molecule has 0 radical (unpaired) electrons. The Balaban J connectivity index is 2.24. The third kappa shape index (κ3) is 4.31. The van der Waals surface area contributed by atoms with Gasteiger partial charge in [-0.1, -0.05) is 27.5 Å². The van der Waals surface area contributed by atoms with Crippen molar-refractivity contribution in [2.24, 2.45) is 0 Å². The van der Waals surface area contributed by atoms with E-state index in [1.165, 1.54) is 12.1 Å². The first-order valence-electron chi connectivity index (χ1n) is 6.82. The van der Waals surface area contributed by atoms with Crippen molar-refractivity contribution < 1.29 is 24.2 Å². The van der Waals surface area contributed by atoms with Crippen LogP contribution >= 0.6 is 39.3 Å². The standard InChI is InChI=1S/C15H13BrClNO5S/c1-7(2)23-12(19)6-18-14(21)11(24-15(18)22)4-8-3-9(16)5-10(17)13(8)20/h3-5,7,20H,6H2,1-2H3/b11-4-. The fraction of sp³-hybridized carbons (Fsp3) is 0.267. The summed E-state index contributed by atoms with van der Waals surface area (Å²) in [4.78, 5) is 36.8. The Morgan fingerprint density at radius 2 is 2.12 bits per heavy atom. The monoisotopic (exact) mass is 433 g/mol. The summed E-state index contributed by atoms with van der Waals surface area (Å²) in [6.45, 7) is 2.89. The molecule has 1 fully saturated rings. The molecule has 1 N–H and O–H groups in total. The van der Waals surface area contributed by atoms with Gasteiger partial charge in [0.15, 0.2) is 0 Å². The average Bonchev–Trinajstić information content (AvgIpc) is 2.71. The minimum Gasteiger partial charge on any atom is -0.506 e. The molecular weight excluding hydrogens is 422 g/mol. The second kappa shape index (κ2) is 7.58. The molecule has 1 aliphatic rings. The summed E-state index contributed by atoms with van der Waals surface area (Å²) in [6, 6.07) is 3.06. The number of nitrogens with zero attached hydrogens (tertiary/aromatic N) is 1. The number of thioether (sulfide) groups is 1. The Labute approximate surface area is 155 Å². The van der Waals surface area contributed by atoms with Crippen LogP contribution in [0.4, 0.5) is 4.79 Å². The topological polar surface area (TPSA) is 83.9 Å². The van der Waals surface area contributed by atoms with E-state index in [9.17, 15) is 19.5 Å². The lowest BCUT2D eigenvalue weighted by molar-refractivity contribution is -0.149. The van der Waals surface area contributed by atoms with E-state index in [2.05, 4.69) is 15.9 Å². The number of carbonyl (C=O) groups is 3. The Morgan fingerprint density at radius 1 is 1.46 bits per heavy atom. The summed E-state index contributed by atoms with van der Waals surface area (Å²) in [5.41, 5.74) is 0.282. The molecule has 1 aromatic carbocycles. The molecule has 0 spiro atoms. The molecule has 0 aromatic heterocycles. The van der Waals surface area contributed by atoms with Gasteiger partial charge in [0.05, 0.1) is 16.0 Å². The molecule has 0 saturated carbocycles. The largest absolute Gasteiger partial charge is 0.506 e. The van der Waals surface area contributed by atoms with Crippen molar-refractivity contribution in [1.82, 2.24) is 4.90 Å².